The van der Waals surface area contributed by atoms with Crippen LogP contribution in [0.25, 0.3) is 16.8 Å². The Morgan fingerprint density at radius 2 is 1.94 bits per heavy atom. The number of sulfonamides is 1. The second-order valence-corrected chi connectivity index (χ2v) is 8.43. The zero-order chi connectivity index (χ0) is 23.6. The Kier molecular flexibility index (Phi) is 5.79. The number of carboxylic acids is 1. The summed E-state index contributed by atoms with van der Waals surface area (Å²) in [6.07, 6.45) is 3.13. The normalized spacial score (nSPS) is 11.3. The third-order valence-corrected chi connectivity index (χ3v) is 5.86. The molecule has 0 unspecified atom stereocenters. The van der Waals surface area contributed by atoms with Crippen LogP contribution in [-0.4, -0.2) is 52.7 Å². The standard InChI is InChI=1S/C20H17FN6O5S/c1-32-19-16(26-33(30,31)15-5-3-14(21)4-6-15)8-13(9-22-19)12-2-7-17-24-20(23-10-18(28)29)25-27(17)11-12/h2-9,11,26H,10H2,1H3,(H,23,25)(H,28,29). The molecule has 0 aliphatic carbocycles. The van der Waals surface area contributed by atoms with Crippen molar-refractivity contribution >= 4 is 33.3 Å². The number of anilines is 2. The molecule has 0 saturated carbocycles. The van der Waals surface area contributed by atoms with Crippen LogP contribution in [0.2, 0.25) is 0 Å². The maximum Gasteiger partial charge on any atom is 0.322 e. The summed E-state index contributed by atoms with van der Waals surface area (Å²) >= 11 is 0. The number of rotatable bonds is 8. The Bertz CT molecular complexity index is 1440. The molecular formula is C20H17FN6O5S. The highest BCUT2D eigenvalue weighted by Gasteiger charge is 2.18. The van der Waals surface area contributed by atoms with E-state index in [0.29, 0.717) is 16.8 Å². The van der Waals surface area contributed by atoms with Gasteiger partial charge in [0, 0.05) is 23.5 Å². The minimum absolute atomic E-state index is 0.0476. The van der Waals surface area contributed by atoms with Crippen LogP contribution in [-0.2, 0) is 14.8 Å². The number of nitrogens with zero attached hydrogens (tertiary/aromatic N) is 4. The summed E-state index contributed by atoms with van der Waals surface area (Å²) < 4.78 is 47.7. The van der Waals surface area contributed by atoms with Crippen LogP contribution >= 0.6 is 0 Å². The maximum absolute atomic E-state index is 13.2. The molecule has 0 atom stereocenters. The third-order valence-electron chi connectivity index (χ3n) is 4.47. The SMILES string of the molecule is COc1ncc(-c2ccc3nc(NCC(=O)O)nn3c2)cc1NS(=O)(=O)c1ccc(F)cc1. The average molecular weight is 472 g/mol. The van der Waals surface area contributed by atoms with Crippen molar-refractivity contribution < 1.29 is 27.4 Å². The van der Waals surface area contributed by atoms with Crippen LogP contribution in [0.1, 0.15) is 0 Å². The quantitative estimate of drug-likeness (QED) is 0.351. The molecule has 4 rings (SSSR count). The van der Waals surface area contributed by atoms with E-state index in [9.17, 15) is 17.6 Å². The molecule has 1 aromatic carbocycles. The second-order valence-electron chi connectivity index (χ2n) is 6.74. The lowest BCUT2D eigenvalue weighted by atomic mass is 10.1. The number of halogens is 1. The molecule has 0 aliphatic heterocycles. The Morgan fingerprint density at radius 1 is 1.18 bits per heavy atom. The fourth-order valence-electron chi connectivity index (χ4n) is 2.95. The Balaban J connectivity index is 1.66. The van der Waals surface area contributed by atoms with Gasteiger partial charge in [0.15, 0.2) is 5.65 Å². The molecule has 3 N–H and O–H groups in total. The first-order valence-electron chi connectivity index (χ1n) is 9.40. The molecule has 170 valence electrons. The van der Waals surface area contributed by atoms with Crippen LogP contribution in [0.5, 0.6) is 5.88 Å². The smallest absolute Gasteiger partial charge is 0.322 e. The zero-order valence-electron chi connectivity index (χ0n) is 17.1. The Hall–Kier alpha value is -4.26. The van der Waals surface area contributed by atoms with Crippen molar-refractivity contribution in [1.82, 2.24) is 19.6 Å². The molecule has 4 aromatic rings. The fourth-order valence-corrected chi connectivity index (χ4v) is 3.99. The number of hydrogen-bond donors (Lipinski definition) is 3. The van der Waals surface area contributed by atoms with E-state index in [4.69, 9.17) is 9.84 Å². The van der Waals surface area contributed by atoms with Crippen molar-refractivity contribution in [2.75, 3.05) is 23.7 Å². The number of aliphatic carboxylic acids is 1. The van der Waals surface area contributed by atoms with Gasteiger partial charge in [-0.05, 0) is 42.5 Å². The number of benzene rings is 1. The van der Waals surface area contributed by atoms with Crippen molar-refractivity contribution in [3.05, 3.63) is 60.7 Å². The minimum atomic E-state index is -4.03. The van der Waals surface area contributed by atoms with Crippen LogP contribution in [0.3, 0.4) is 0 Å². The third kappa shape index (κ3) is 4.82. The number of pyridine rings is 2. The van der Waals surface area contributed by atoms with Crippen molar-refractivity contribution in [2.24, 2.45) is 0 Å². The number of nitrogens with one attached hydrogen (secondary N) is 2. The first-order valence-corrected chi connectivity index (χ1v) is 10.9. The van der Waals surface area contributed by atoms with Crippen LogP contribution in [0, 0.1) is 5.82 Å². The van der Waals surface area contributed by atoms with Crippen LogP contribution in [0.4, 0.5) is 16.0 Å². The minimum Gasteiger partial charge on any atom is -0.480 e. The molecule has 11 nitrogen and oxygen atoms in total. The van der Waals surface area contributed by atoms with Crippen molar-refractivity contribution in [3.63, 3.8) is 0 Å². The number of ether oxygens (including phenoxy) is 1. The van der Waals surface area contributed by atoms with E-state index in [-0.39, 0.29) is 29.0 Å². The first-order chi connectivity index (χ1) is 15.7. The van der Waals surface area contributed by atoms with E-state index in [1.807, 2.05) is 0 Å². The molecule has 13 heteroatoms. The van der Waals surface area contributed by atoms with Gasteiger partial charge >= 0.3 is 5.97 Å². The number of fused-ring (bicyclic) bond motifs is 1. The molecule has 0 bridgehead atoms. The highest BCUT2D eigenvalue weighted by atomic mass is 32.2. The van der Waals surface area contributed by atoms with Gasteiger partial charge in [-0.2, -0.15) is 4.98 Å². The largest absolute Gasteiger partial charge is 0.480 e. The van der Waals surface area contributed by atoms with Gasteiger partial charge in [-0.25, -0.2) is 22.3 Å². The van der Waals surface area contributed by atoms with Crippen molar-refractivity contribution in [3.8, 4) is 17.0 Å². The highest BCUT2D eigenvalue weighted by molar-refractivity contribution is 7.92. The molecule has 0 saturated heterocycles. The first kappa shape index (κ1) is 22.0. The van der Waals surface area contributed by atoms with E-state index in [2.05, 4.69) is 25.1 Å². The number of methoxy groups -OCH3 is 1. The molecule has 0 fully saturated rings. The Morgan fingerprint density at radius 3 is 2.64 bits per heavy atom. The fraction of sp³-hybridized carbons (Fsp3) is 0.100. The lowest BCUT2D eigenvalue weighted by Gasteiger charge is -2.13. The average Bonchev–Trinajstić information content (AvgIpc) is 3.20. The summed E-state index contributed by atoms with van der Waals surface area (Å²) in [6, 6.07) is 9.33. The lowest BCUT2D eigenvalue weighted by Crippen LogP contribution is -2.14. The van der Waals surface area contributed by atoms with Gasteiger partial charge in [-0.3, -0.25) is 9.52 Å². The van der Waals surface area contributed by atoms with Gasteiger partial charge in [-0.15, -0.1) is 5.10 Å². The molecule has 3 heterocycles. The van der Waals surface area contributed by atoms with Gasteiger partial charge in [0.1, 0.15) is 18.0 Å². The van der Waals surface area contributed by atoms with Gasteiger partial charge < -0.3 is 15.2 Å². The monoisotopic (exact) mass is 472 g/mol. The molecule has 0 aliphatic rings. The van der Waals surface area contributed by atoms with Gasteiger partial charge in [0.25, 0.3) is 10.0 Å². The van der Waals surface area contributed by atoms with Crippen LogP contribution < -0.4 is 14.8 Å². The van der Waals surface area contributed by atoms with E-state index in [0.717, 1.165) is 24.3 Å². The molecule has 0 radical (unpaired) electrons. The summed E-state index contributed by atoms with van der Waals surface area (Å²) in [4.78, 5) is 18.9. The number of carboxylic acid groups (broad SMARTS) is 1. The summed E-state index contributed by atoms with van der Waals surface area (Å²) in [7, 11) is -2.67. The van der Waals surface area contributed by atoms with Crippen LogP contribution in [0.15, 0.2) is 59.8 Å². The van der Waals surface area contributed by atoms with Gasteiger partial charge in [0.05, 0.1) is 12.0 Å². The topological polar surface area (TPSA) is 148 Å². The molecule has 3 aromatic heterocycles. The molecule has 0 spiro atoms. The van der Waals surface area contributed by atoms with Gasteiger partial charge in [0.2, 0.25) is 11.8 Å². The molecule has 33 heavy (non-hydrogen) atoms. The van der Waals surface area contributed by atoms with E-state index in [1.54, 1.807) is 18.3 Å². The highest BCUT2D eigenvalue weighted by Crippen LogP contribution is 2.30. The summed E-state index contributed by atoms with van der Waals surface area (Å²) in [5.41, 5.74) is 1.74. The van der Waals surface area contributed by atoms with E-state index < -0.39 is 21.8 Å². The summed E-state index contributed by atoms with van der Waals surface area (Å²) in [5.74, 6) is -1.41. The van der Waals surface area contributed by atoms with Gasteiger partial charge in [-0.1, -0.05) is 0 Å². The Labute approximate surface area is 186 Å². The van der Waals surface area contributed by atoms with E-state index >= 15 is 0 Å². The number of carbonyl (C=O) groups is 1. The molecule has 0 amide bonds. The summed E-state index contributed by atoms with van der Waals surface area (Å²) in [5, 5.41) is 15.5. The maximum atomic E-state index is 13.2. The lowest BCUT2D eigenvalue weighted by molar-refractivity contribution is -0.134. The zero-order valence-corrected chi connectivity index (χ0v) is 17.9. The van der Waals surface area contributed by atoms with Crippen molar-refractivity contribution in [2.45, 2.75) is 4.90 Å². The number of hydrogen-bond acceptors (Lipinski definition) is 8. The summed E-state index contributed by atoms with van der Waals surface area (Å²) in [6.45, 7) is -0.330. The number of aromatic nitrogens is 4. The predicted molar refractivity (Wildman–Crippen MR) is 116 cm³/mol. The van der Waals surface area contributed by atoms with E-state index in [1.165, 1.54) is 23.9 Å². The molecular weight excluding hydrogens is 455 g/mol. The van der Waals surface area contributed by atoms with Crippen molar-refractivity contribution in [1.29, 1.82) is 0 Å². The second kappa shape index (κ2) is 8.70. The predicted octanol–water partition coefficient (Wildman–Crippen LogP) is 2.24.